The predicted octanol–water partition coefficient (Wildman–Crippen LogP) is 2.70. The molecule has 2 atom stereocenters. The van der Waals surface area contributed by atoms with Gasteiger partial charge in [0.25, 0.3) is 0 Å². The summed E-state index contributed by atoms with van der Waals surface area (Å²) in [5, 5.41) is 23.1. The van der Waals surface area contributed by atoms with Crippen LogP contribution < -0.4 is 0 Å². The molecule has 2 aliphatic rings. The fraction of sp³-hybridized carbons (Fsp3) is 0.417. The molecule has 0 aliphatic carbocycles. The Balaban J connectivity index is 1.31. The van der Waals surface area contributed by atoms with Crippen molar-refractivity contribution in [3.63, 3.8) is 0 Å². The highest BCUT2D eigenvalue weighted by molar-refractivity contribution is 5.93. The summed E-state index contributed by atoms with van der Waals surface area (Å²) in [7, 11) is 0. The van der Waals surface area contributed by atoms with Crippen LogP contribution in [0.4, 0.5) is 0 Å². The Morgan fingerprint density at radius 3 is 2.38 bits per heavy atom. The lowest BCUT2D eigenvalue weighted by Gasteiger charge is -2.36. The molecule has 2 aromatic rings. The van der Waals surface area contributed by atoms with Crippen molar-refractivity contribution in [1.82, 2.24) is 9.80 Å². The summed E-state index contributed by atoms with van der Waals surface area (Å²) in [6, 6.07) is 12.1. The van der Waals surface area contributed by atoms with Crippen LogP contribution in [0.1, 0.15) is 50.3 Å². The predicted molar refractivity (Wildman–Crippen MR) is 118 cm³/mol. The molecule has 2 aromatic carbocycles. The van der Waals surface area contributed by atoms with Crippen LogP contribution in [0.3, 0.4) is 0 Å². The van der Waals surface area contributed by atoms with Crippen LogP contribution in [0.5, 0.6) is 0 Å². The Hall–Kier alpha value is -3.12. The van der Waals surface area contributed by atoms with Crippen LogP contribution in [0.2, 0.25) is 0 Å². The van der Waals surface area contributed by atoms with Gasteiger partial charge in [0.15, 0.2) is 0 Å². The number of carbonyl (C=O) groups excluding carboxylic acids is 1. The molecule has 2 unspecified atom stereocenters. The number of piperazine rings is 1. The van der Waals surface area contributed by atoms with Crippen LogP contribution in [0.15, 0.2) is 41.6 Å². The Bertz CT molecular complexity index is 1040. The zero-order valence-corrected chi connectivity index (χ0v) is 18.0. The standard InChI is InChI=1S/C24H26N4O4/c1-16-19(6-7-20-21(16)15-32-24(20)30)23(29)14-28-10-8-27(9-11-28)13-22(26-31)18-4-2-17(12-25)3-5-18/h2-7,22-23,29H,8-11,13-15H2,1H3. The lowest BCUT2D eigenvalue weighted by Crippen LogP contribution is -2.48. The van der Waals surface area contributed by atoms with Crippen LogP contribution >= 0.6 is 0 Å². The number of esters is 1. The number of aliphatic hydroxyl groups is 1. The van der Waals surface area contributed by atoms with E-state index in [-0.39, 0.29) is 12.6 Å². The highest BCUT2D eigenvalue weighted by Crippen LogP contribution is 2.29. The van der Waals surface area contributed by atoms with Gasteiger partial charge in [-0.1, -0.05) is 23.4 Å². The Morgan fingerprint density at radius 2 is 1.75 bits per heavy atom. The Labute approximate surface area is 187 Å². The molecule has 4 rings (SSSR count). The third-order valence-corrected chi connectivity index (χ3v) is 6.45. The second kappa shape index (κ2) is 9.57. The number of hydrogen-bond acceptors (Lipinski definition) is 8. The quantitative estimate of drug-likeness (QED) is 0.527. The molecular formula is C24H26N4O4. The highest BCUT2D eigenvalue weighted by Gasteiger charge is 2.27. The largest absolute Gasteiger partial charge is 0.457 e. The van der Waals surface area contributed by atoms with E-state index in [0.717, 1.165) is 48.4 Å². The van der Waals surface area contributed by atoms with E-state index >= 15 is 0 Å². The van der Waals surface area contributed by atoms with E-state index in [2.05, 4.69) is 21.0 Å². The minimum absolute atomic E-state index is 0.268. The van der Waals surface area contributed by atoms with Gasteiger partial charge in [-0.2, -0.15) is 10.2 Å². The van der Waals surface area contributed by atoms with Gasteiger partial charge in [-0.05, 0) is 41.8 Å². The fourth-order valence-corrected chi connectivity index (χ4v) is 4.45. The van der Waals surface area contributed by atoms with Crippen molar-refractivity contribution in [2.45, 2.75) is 25.7 Å². The molecule has 32 heavy (non-hydrogen) atoms. The first-order valence-electron chi connectivity index (χ1n) is 10.7. The number of cyclic esters (lactones) is 1. The van der Waals surface area contributed by atoms with Crippen LogP contribution in [0, 0.1) is 23.2 Å². The number of aliphatic hydroxyl groups excluding tert-OH is 1. The van der Waals surface area contributed by atoms with Crippen molar-refractivity contribution in [2.24, 2.45) is 5.18 Å². The van der Waals surface area contributed by atoms with Gasteiger partial charge in [0.2, 0.25) is 0 Å². The number of rotatable bonds is 7. The molecule has 8 heteroatoms. The summed E-state index contributed by atoms with van der Waals surface area (Å²) in [4.78, 5) is 27.6. The smallest absolute Gasteiger partial charge is 0.338 e. The molecule has 0 aromatic heterocycles. The van der Waals surface area contributed by atoms with Gasteiger partial charge in [0.1, 0.15) is 12.6 Å². The van der Waals surface area contributed by atoms with Gasteiger partial charge in [0, 0.05) is 44.8 Å². The van der Waals surface area contributed by atoms with Gasteiger partial charge >= 0.3 is 5.97 Å². The number of ether oxygens (including phenoxy) is 1. The molecule has 166 valence electrons. The first-order chi connectivity index (χ1) is 15.5. The fourth-order valence-electron chi connectivity index (χ4n) is 4.45. The molecule has 0 amide bonds. The van der Waals surface area contributed by atoms with Crippen molar-refractivity contribution >= 4 is 5.97 Å². The molecule has 1 fully saturated rings. The third-order valence-electron chi connectivity index (χ3n) is 6.45. The summed E-state index contributed by atoms with van der Waals surface area (Å²) < 4.78 is 5.10. The second-order valence-electron chi connectivity index (χ2n) is 8.35. The van der Waals surface area contributed by atoms with Gasteiger partial charge in [-0.15, -0.1) is 0 Å². The summed E-state index contributed by atoms with van der Waals surface area (Å²) in [6.45, 7) is 6.35. The average Bonchev–Trinajstić information content (AvgIpc) is 3.20. The van der Waals surface area contributed by atoms with E-state index in [9.17, 15) is 14.8 Å². The Kier molecular flexibility index (Phi) is 6.61. The van der Waals surface area contributed by atoms with E-state index in [4.69, 9.17) is 10.00 Å². The SMILES string of the molecule is Cc1c(C(O)CN2CCN(CC(N=O)c3ccc(C#N)cc3)CC2)ccc2c1COC2=O. The maximum absolute atomic E-state index is 11.7. The molecule has 1 saturated heterocycles. The monoisotopic (exact) mass is 434 g/mol. The van der Waals surface area contributed by atoms with E-state index in [1.807, 2.05) is 13.0 Å². The normalized spacial score (nSPS) is 18.5. The summed E-state index contributed by atoms with van der Waals surface area (Å²) >= 11 is 0. The number of benzene rings is 2. The number of nitroso groups, excluding NO2 is 1. The van der Waals surface area contributed by atoms with Crippen LogP contribution in [-0.4, -0.2) is 60.1 Å². The lowest BCUT2D eigenvalue weighted by molar-refractivity contribution is 0.0535. The van der Waals surface area contributed by atoms with Crippen molar-refractivity contribution in [3.8, 4) is 6.07 Å². The van der Waals surface area contributed by atoms with Crippen LogP contribution in [-0.2, 0) is 11.3 Å². The van der Waals surface area contributed by atoms with Crippen molar-refractivity contribution < 1.29 is 14.6 Å². The number of β-amino-alcohol motifs (C(OH)–C–C–N with tert-alkyl or cyclic N) is 1. The minimum atomic E-state index is -0.648. The summed E-state index contributed by atoms with van der Waals surface area (Å²) in [5.74, 6) is -0.301. The molecule has 2 heterocycles. The highest BCUT2D eigenvalue weighted by atomic mass is 16.5. The zero-order valence-electron chi connectivity index (χ0n) is 18.0. The number of nitrogens with zero attached hydrogens (tertiary/aromatic N) is 4. The second-order valence-corrected chi connectivity index (χ2v) is 8.35. The number of carbonyl (C=O) groups is 1. The van der Waals surface area contributed by atoms with Crippen molar-refractivity contribution in [2.75, 3.05) is 39.3 Å². The Morgan fingerprint density at radius 1 is 1.09 bits per heavy atom. The van der Waals surface area contributed by atoms with Crippen molar-refractivity contribution in [1.29, 1.82) is 5.26 Å². The first kappa shape index (κ1) is 22.1. The van der Waals surface area contributed by atoms with Gasteiger partial charge in [-0.3, -0.25) is 9.80 Å². The van der Waals surface area contributed by atoms with E-state index < -0.39 is 12.1 Å². The molecule has 0 spiro atoms. The van der Waals surface area contributed by atoms with Crippen LogP contribution in [0.25, 0.3) is 0 Å². The van der Waals surface area contributed by atoms with E-state index in [1.54, 1.807) is 30.3 Å². The molecule has 0 bridgehead atoms. The molecule has 2 aliphatic heterocycles. The van der Waals surface area contributed by atoms with Crippen molar-refractivity contribution in [3.05, 3.63) is 74.7 Å². The number of hydrogen-bond donors (Lipinski definition) is 1. The third kappa shape index (κ3) is 4.55. The average molecular weight is 434 g/mol. The molecule has 0 saturated carbocycles. The van der Waals surface area contributed by atoms with Gasteiger partial charge in [-0.25, -0.2) is 4.79 Å². The minimum Gasteiger partial charge on any atom is -0.457 e. The summed E-state index contributed by atoms with van der Waals surface area (Å²) in [5.41, 5.74) is 4.58. The molecular weight excluding hydrogens is 408 g/mol. The lowest BCUT2D eigenvalue weighted by atomic mass is 9.95. The van der Waals surface area contributed by atoms with E-state index in [1.165, 1.54) is 0 Å². The van der Waals surface area contributed by atoms with E-state index in [0.29, 0.717) is 24.2 Å². The first-order valence-corrected chi connectivity index (χ1v) is 10.7. The number of fused-ring (bicyclic) bond motifs is 1. The molecule has 1 N–H and O–H groups in total. The number of nitriles is 1. The maximum atomic E-state index is 11.7. The van der Waals surface area contributed by atoms with Gasteiger partial charge < -0.3 is 9.84 Å². The summed E-state index contributed by atoms with van der Waals surface area (Å²) in [6.07, 6.45) is -0.648. The zero-order chi connectivity index (χ0) is 22.7. The maximum Gasteiger partial charge on any atom is 0.338 e. The topological polar surface area (TPSA) is 106 Å². The van der Waals surface area contributed by atoms with Gasteiger partial charge in [0.05, 0.1) is 23.3 Å². The molecule has 0 radical (unpaired) electrons. The molecule has 8 nitrogen and oxygen atoms in total.